The number of nitrogens with zero attached hydrogens (tertiary/aromatic N) is 1. The first kappa shape index (κ1) is 21.3. The quantitative estimate of drug-likeness (QED) is 0.658. The first-order valence-corrected chi connectivity index (χ1v) is 12.0. The van der Waals surface area contributed by atoms with Crippen molar-refractivity contribution in [3.05, 3.63) is 71.8 Å². The molecule has 1 aliphatic heterocycles. The van der Waals surface area contributed by atoms with E-state index in [0.29, 0.717) is 0 Å². The van der Waals surface area contributed by atoms with Crippen LogP contribution in [0.5, 0.6) is 0 Å². The molecular weight excluding hydrogens is 394 g/mol. The zero-order chi connectivity index (χ0) is 21.5. The molecule has 0 unspecified atom stereocenters. The van der Waals surface area contributed by atoms with Crippen molar-refractivity contribution in [3.63, 3.8) is 0 Å². The van der Waals surface area contributed by atoms with E-state index in [1.807, 2.05) is 78.7 Å². The fourth-order valence-electron chi connectivity index (χ4n) is 5.09. The molecule has 0 radical (unpaired) electrons. The third-order valence-corrected chi connectivity index (χ3v) is 7.74. The summed E-state index contributed by atoms with van der Waals surface area (Å²) in [5, 5.41) is 11.1. The largest absolute Gasteiger partial charge is 0.431 e. The highest BCUT2D eigenvalue weighted by Crippen LogP contribution is 2.52. The first-order chi connectivity index (χ1) is 14.3. The van der Waals surface area contributed by atoms with Crippen LogP contribution in [0.4, 0.5) is 4.79 Å². The van der Waals surface area contributed by atoms with Gasteiger partial charge in [-0.2, -0.15) is 0 Å². The average Bonchev–Trinajstić information content (AvgIpc) is 3.55. The van der Waals surface area contributed by atoms with Gasteiger partial charge in [-0.3, -0.25) is 4.90 Å². The summed E-state index contributed by atoms with van der Waals surface area (Å²) in [5.74, 6) is 0.334. The second-order valence-electron chi connectivity index (χ2n) is 9.02. The number of rotatable bonds is 7. The van der Waals surface area contributed by atoms with Crippen LogP contribution in [0.25, 0.3) is 0 Å². The van der Waals surface area contributed by atoms with E-state index in [-0.39, 0.29) is 29.3 Å². The Bertz CT molecular complexity index is 840. The van der Waals surface area contributed by atoms with Gasteiger partial charge in [-0.25, -0.2) is 4.79 Å². The van der Waals surface area contributed by atoms with Gasteiger partial charge in [0.2, 0.25) is 0 Å². The van der Waals surface area contributed by atoms with Crippen LogP contribution in [0.3, 0.4) is 0 Å². The molecule has 0 bridgehead atoms. The van der Waals surface area contributed by atoms with Gasteiger partial charge in [-0.05, 0) is 37.9 Å². The summed E-state index contributed by atoms with van der Waals surface area (Å²) in [6.07, 6.45) is 3.61. The van der Waals surface area contributed by atoms with Crippen LogP contribution in [-0.2, 0) is 10.3 Å². The van der Waals surface area contributed by atoms with E-state index in [1.165, 1.54) is 11.8 Å². The van der Waals surface area contributed by atoms with Crippen molar-refractivity contribution in [2.24, 2.45) is 11.8 Å². The normalized spacial score (nSPS) is 23.9. The van der Waals surface area contributed by atoms with Gasteiger partial charge >= 0.3 is 6.09 Å². The topological polar surface area (TPSA) is 49.8 Å². The first-order valence-electron chi connectivity index (χ1n) is 10.7. The molecule has 2 aromatic carbocycles. The SMILES string of the molecule is CS[C@H](N1C(=O)OC(c2ccccc2)(c2ccccc2)[C@@H]1C(C)C)[C@@](C)(O)C1CC1. The molecule has 4 nitrogen and oxygen atoms in total. The van der Waals surface area contributed by atoms with Crippen molar-refractivity contribution in [3.8, 4) is 0 Å². The van der Waals surface area contributed by atoms with Gasteiger partial charge in [0.25, 0.3) is 0 Å². The van der Waals surface area contributed by atoms with Crippen LogP contribution >= 0.6 is 11.8 Å². The molecule has 2 fully saturated rings. The minimum Gasteiger partial charge on any atom is -0.431 e. The third-order valence-electron chi connectivity index (χ3n) is 6.59. The van der Waals surface area contributed by atoms with E-state index in [9.17, 15) is 9.90 Å². The summed E-state index contributed by atoms with van der Waals surface area (Å²) in [5.41, 5.74) is 0.0180. The molecule has 1 saturated carbocycles. The Morgan fingerprint density at radius 2 is 1.57 bits per heavy atom. The van der Waals surface area contributed by atoms with Crippen LogP contribution in [0.1, 0.15) is 44.7 Å². The van der Waals surface area contributed by atoms with Gasteiger partial charge in [0, 0.05) is 11.1 Å². The van der Waals surface area contributed by atoms with Gasteiger partial charge in [0.1, 0.15) is 5.37 Å². The Hall–Kier alpha value is -1.98. The van der Waals surface area contributed by atoms with Crippen molar-refractivity contribution < 1.29 is 14.6 Å². The van der Waals surface area contributed by atoms with E-state index < -0.39 is 11.2 Å². The molecule has 3 atom stereocenters. The number of hydrogen-bond acceptors (Lipinski definition) is 4. The highest BCUT2D eigenvalue weighted by molar-refractivity contribution is 7.99. The molecule has 1 heterocycles. The number of aliphatic hydroxyl groups is 1. The van der Waals surface area contributed by atoms with E-state index in [2.05, 4.69) is 13.8 Å². The molecule has 1 aliphatic carbocycles. The summed E-state index contributed by atoms with van der Waals surface area (Å²) in [4.78, 5) is 15.3. The molecule has 160 valence electrons. The molecular formula is C25H31NO3S. The molecule has 0 aromatic heterocycles. The van der Waals surface area contributed by atoms with E-state index in [0.717, 1.165) is 24.0 Å². The number of carbonyl (C=O) groups excluding carboxylic acids is 1. The fraction of sp³-hybridized carbons (Fsp3) is 0.480. The Kier molecular flexibility index (Phi) is 5.62. The van der Waals surface area contributed by atoms with Gasteiger partial charge < -0.3 is 9.84 Å². The molecule has 5 heteroatoms. The molecule has 30 heavy (non-hydrogen) atoms. The number of thioether (sulfide) groups is 1. The van der Waals surface area contributed by atoms with Crippen LogP contribution < -0.4 is 0 Å². The number of ether oxygens (including phenoxy) is 1. The summed E-state index contributed by atoms with van der Waals surface area (Å²) in [7, 11) is 0. The molecule has 0 spiro atoms. The Morgan fingerprint density at radius 1 is 1.07 bits per heavy atom. The average molecular weight is 426 g/mol. The molecule has 1 N–H and O–H groups in total. The summed E-state index contributed by atoms with van der Waals surface area (Å²) >= 11 is 1.53. The van der Waals surface area contributed by atoms with Crippen LogP contribution in [-0.4, -0.2) is 39.4 Å². The maximum Gasteiger partial charge on any atom is 0.412 e. The lowest BCUT2D eigenvalue weighted by atomic mass is 9.75. The summed E-state index contributed by atoms with van der Waals surface area (Å²) < 4.78 is 6.35. The predicted octanol–water partition coefficient (Wildman–Crippen LogP) is 5.26. The van der Waals surface area contributed by atoms with Gasteiger partial charge in [0.15, 0.2) is 5.60 Å². The van der Waals surface area contributed by atoms with Crippen molar-refractivity contribution in [1.29, 1.82) is 0 Å². The lowest BCUT2D eigenvalue weighted by Gasteiger charge is -2.44. The zero-order valence-electron chi connectivity index (χ0n) is 18.1. The van der Waals surface area contributed by atoms with E-state index in [1.54, 1.807) is 0 Å². The summed E-state index contributed by atoms with van der Waals surface area (Å²) in [6.45, 7) is 6.13. The Labute approximate surface area is 183 Å². The van der Waals surface area contributed by atoms with Gasteiger partial charge in [-0.15, -0.1) is 11.8 Å². The second-order valence-corrected chi connectivity index (χ2v) is 9.94. The monoisotopic (exact) mass is 425 g/mol. The predicted molar refractivity (Wildman–Crippen MR) is 121 cm³/mol. The Balaban J connectivity index is 1.90. The number of benzene rings is 2. The number of amides is 1. The highest BCUT2D eigenvalue weighted by Gasteiger charge is 2.62. The third kappa shape index (κ3) is 3.32. The lowest BCUT2D eigenvalue weighted by Crippen LogP contribution is -2.57. The Morgan fingerprint density at radius 3 is 1.97 bits per heavy atom. The lowest BCUT2D eigenvalue weighted by molar-refractivity contribution is -0.0171. The van der Waals surface area contributed by atoms with Crippen LogP contribution in [0.2, 0.25) is 0 Å². The number of hydrogen-bond donors (Lipinski definition) is 1. The summed E-state index contributed by atoms with van der Waals surface area (Å²) in [6, 6.07) is 19.8. The van der Waals surface area contributed by atoms with E-state index >= 15 is 0 Å². The second kappa shape index (κ2) is 7.93. The van der Waals surface area contributed by atoms with Crippen LogP contribution in [0, 0.1) is 11.8 Å². The minimum absolute atomic E-state index is 0.113. The number of cyclic esters (lactones) is 1. The zero-order valence-corrected chi connectivity index (χ0v) is 18.9. The molecule has 1 amide bonds. The maximum absolute atomic E-state index is 13.5. The van der Waals surface area contributed by atoms with Crippen molar-refractivity contribution >= 4 is 17.9 Å². The molecule has 1 saturated heterocycles. The highest BCUT2D eigenvalue weighted by atomic mass is 32.2. The number of carbonyl (C=O) groups is 1. The molecule has 4 rings (SSSR count). The maximum atomic E-state index is 13.5. The standard InChI is InChI=1S/C25H31NO3S/c1-17(2)21-25(19-11-7-5-8-12-19,20-13-9-6-10-14-20)29-23(27)26(21)22(30-4)24(3,28)18-15-16-18/h5-14,17-18,21-22,28H,15-16H2,1-4H3/t21-,22-,24-/m0/s1. The van der Waals surface area contributed by atoms with Gasteiger partial charge in [-0.1, -0.05) is 74.5 Å². The molecule has 2 aromatic rings. The van der Waals surface area contributed by atoms with Gasteiger partial charge in [0.05, 0.1) is 11.6 Å². The fourth-order valence-corrected chi connectivity index (χ4v) is 6.21. The van der Waals surface area contributed by atoms with Crippen molar-refractivity contribution in [1.82, 2.24) is 4.90 Å². The minimum atomic E-state index is -0.963. The van der Waals surface area contributed by atoms with Crippen LogP contribution in [0.15, 0.2) is 60.7 Å². The van der Waals surface area contributed by atoms with Crippen molar-refractivity contribution in [2.45, 2.75) is 56.2 Å². The smallest absolute Gasteiger partial charge is 0.412 e. The van der Waals surface area contributed by atoms with E-state index in [4.69, 9.17) is 4.74 Å². The molecule has 2 aliphatic rings. The van der Waals surface area contributed by atoms with Crippen molar-refractivity contribution in [2.75, 3.05) is 6.26 Å².